The van der Waals surface area contributed by atoms with Gasteiger partial charge in [0.2, 0.25) is 10.0 Å². The van der Waals surface area contributed by atoms with Crippen LogP contribution < -0.4 is 23.7 Å². The van der Waals surface area contributed by atoms with Crippen molar-refractivity contribution in [3.63, 3.8) is 0 Å². The van der Waals surface area contributed by atoms with Gasteiger partial charge in [0, 0.05) is 12.1 Å². The lowest BCUT2D eigenvalue weighted by molar-refractivity contribution is 0.171. The van der Waals surface area contributed by atoms with Crippen LogP contribution in [0.25, 0.3) is 0 Å². The summed E-state index contributed by atoms with van der Waals surface area (Å²) < 4.78 is 50.4. The lowest BCUT2D eigenvalue weighted by Crippen LogP contribution is -2.32. The maximum Gasteiger partial charge on any atom is 0.241 e. The first-order valence-corrected chi connectivity index (χ1v) is 10.5. The molecule has 2 aromatic carbocycles. The zero-order valence-corrected chi connectivity index (χ0v) is 17.2. The van der Waals surface area contributed by atoms with Crippen LogP contribution in [0.2, 0.25) is 0 Å². The van der Waals surface area contributed by atoms with Gasteiger partial charge in [0.1, 0.15) is 13.2 Å². The first kappa shape index (κ1) is 20.3. The Labute approximate surface area is 165 Å². The van der Waals surface area contributed by atoms with Gasteiger partial charge in [-0.2, -0.15) is 0 Å². The molecule has 0 spiro atoms. The molecule has 152 valence electrons. The summed E-state index contributed by atoms with van der Waals surface area (Å²) in [4.78, 5) is 0.105. The lowest BCUT2D eigenvalue weighted by Gasteiger charge is -2.25. The fraction of sp³-hybridized carbons (Fsp3) is 0.400. The maximum atomic E-state index is 13.0. The van der Waals surface area contributed by atoms with Crippen LogP contribution in [-0.2, 0) is 10.0 Å². The number of hydrogen-bond donors (Lipinski definition) is 1. The molecular weight excluding hydrogens is 382 g/mol. The summed E-state index contributed by atoms with van der Waals surface area (Å²) in [5, 5.41) is 0. The molecule has 0 fully saturated rings. The van der Waals surface area contributed by atoms with Crippen LogP contribution >= 0.6 is 0 Å². The Balaban J connectivity index is 1.92. The van der Waals surface area contributed by atoms with Crippen molar-refractivity contribution in [1.82, 2.24) is 4.72 Å². The third kappa shape index (κ3) is 4.18. The molecule has 3 rings (SSSR count). The second kappa shape index (κ2) is 8.28. The molecule has 0 aliphatic carbocycles. The molecule has 1 heterocycles. The Morgan fingerprint density at radius 3 is 2.25 bits per heavy atom. The summed E-state index contributed by atoms with van der Waals surface area (Å²) in [7, 11) is -0.822. The van der Waals surface area contributed by atoms with E-state index in [-0.39, 0.29) is 10.8 Å². The first-order chi connectivity index (χ1) is 13.4. The van der Waals surface area contributed by atoms with Crippen molar-refractivity contribution >= 4 is 10.0 Å². The van der Waals surface area contributed by atoms with Crippen molar-refractivity contribution in [1.29, 1.82) is 0 Å². The fourth-order valence-corrected chi connectivity index (χ4v) is 4.45. The average molecular weight is 407 g/mol. The summed E-state index contributed by atoms with van der Waals surface area (Å²) in [5.41, 5.74) is 0.809. The third-order valence-corrected chi connectivity index (χ3v) is 5.98. The van der Waals surface area contributed by atoms with Crippen LogP contribution in [0.4, 0.5) is 0 Å². The quantitative estimate of drug-likeness (QED) is 0.759. The number of nitrogens with one attached hydrogen (secondary N) is 1. The summed E-state index contributed by atoms with van der Waals surface area (Å²) in [6, 6.07) is 9.57. The SMILES string of the molecule is COc1ccc(S(=O)(=O)N[C@H](c2ccc3c(c2)OCCO3)C(C)C)cc1OC. The standard InChI is InChI=1S/C20H25NO6S/c1-13(2)20(14-5-7-17-19(11-14)27-10-9-26-17)21-28(22,23)15-6-8-16(24-3)18(12-15)25-4/h5-8,11-13,20-21H,9-10H2,1-4H3/t20-/m0/s1. The number of methoxy groups -OCH3 is 2. The third-order valence-electron chi connectivity index (χ3n) is 4.54. The highest BCUT2D eigenvalue weighted by Gasteiger charge is 2.26. The number of ether oxygens (including phenoxy) is 4. The van der Waals surface area contributed by atoms with E-state index < -0.39 is 16.1 Å². The summed E-state index contributed by atoms with van der Waals surface area (Å²) in [5.74, 6) is 2.12. The molecule has 0 radical (unpaired) electrons. The van der Waals surface area contributed by atoms with Crippen molar-refractivity contribution in [2.45, 2.75) is 24.8 Å². The van der Waals surface area contributed by atoms with Gasteiger partial charge in [-0.05, 0) is 35.7 Å². The molecule has 1 N–H and O–H groups in total. The van der Waals surface area contributed by atoms with Crippen LogP contribution in [0.5, 0.6) is 23.0 Å². The molecule has 1 aliphatic rings. The normalized spacial score (nSPS) is 14.6. The topological polar surface area (TPSA) is 83.1 Å². The Morgan fingerprint density at radius 2 is 1.61 bits per heavy atom. The van der Waals surface area contributed by atoms with Gasteiger partial charge in [-0.3, -0.25) is 0 Å². The summed E-state index contributed by atoms with van der Waals surface area (Å²) in [6.07, 6.45) is 0. The number of sulfonamides is 1. The van der Waals surface area contributed by atoms with Crippen molar-refractivity contribution in [3.8, 4) is 23.0 Å². The van der Waals surface area contributed by atoms with E-state index in [9.17, 15) is 8.42 Å². The fourth-order valence-electron chi connectivity index (χ4n) is 3.06. The Morgan fingerprint density at radius 1 is 0.929 bits per heavy atom. The van der Waals surface area contributed by atoms with E-state index in [2.05, 4.69) is 4.72 Å². The highest BCUT2D eigenvalue weighted by Crippen LogP contribution is 2.35. The predicted molar refractivity (Wildman–Crippen MR) is 105 cm³/mol. The molecule has 0 amide bonds. The number of hydrogen-bond acceptors (Lipinski definition) is 6. The number of fused-ring (bicyclic) bond motifs is 1. The second-order valence-corrected chi connectivity index (χ2v) is 8.48. The van der Waals surface area contributed by atoms with E-state index in [1.54, 1.807) is 6.07 Å². The lowest BCUT2D eigenvalue weighted by atomic mass is 9.97. The summed E-state index contributed by atoms with van der Waals surface area (Å²) in [6.45, 7) is 4.89. The molecule has 0 bridgehead atoms. The highest BCUT2D eigenvalue weighted by atomic mass is 32.2. The van der Waals surface area contributed by atoms with Gasteiger partial charge in [0.05, 0.1) is 19.1 Å². The Kier molecular flexibility index (Phi) is 6.00. The number of rotatable bonds is 7. The van der Waals surface area contributed by atoms with Crippen molar-refractivity contribution in [2.75, 3.05) is 27.4 Å². The minimum Gasteiger partial charge on any atom is -0.493 e. The zero-order valence-electron chi connectivity index (χ0n) is 16.4. The molecule has 2 aromatic rings. The molecule has 0 saturated carbocycles. The van der Waals surface area contributed by atoms with Gasteiger partial charge in [-0.1, -0.05) is 19.9 Å². The minimum absolute atomic E-state index is 0.0116. The minimum atomic E-state index is -3.79. The monoisotopic (exact) mass is 407 g/mol. The van der Waals surface area contributed by atoms with E-state index in [0.29, 0.717) is 36.2 Å². The average Bonchev–Trinajstić information content (AvgIpc) is 2.70. The van der Waals surface area contributed by atoms with Crippen molar-refractivity contribution in [2.24, 2.45) is 5.92 Å². The van der Waals surface area contributed by atoms with Crippen molar-refractivity contribution in [3.05, 3.63) is 42.0 Å². The molecule has 0 unspecified atom stereocenters. The van der Waals surface area contributed by atoms with Crippen LogP contribution in [0.1, 0.15) is 25.5 Å². The molecule has 0 aromatic heterocycles. The molecular formula is C20H25NO6S. The van der Waals surface area contributed by atoms with Crippen molar-refractivity contribution < 1.29 is 27.4 Å². The van der Waals surface area contributed by atoms with Crippen LogP contribution in [-0.4, -0.2) is 35.9 Å². The van der Waals surface area contributed by atoms with Gasteiger partial charge >= 0.3 is 0 Å². The van der Waals surface area contributed by atoms with Gasteiger partial charge in [0.15, 0.2) is 23.0 Å². The Hall–Kier alpha value is -2.45. The molecule has 8 heteroatoms. The largest absolute Gasteiger partial charge is 0.493 e. The molecule has 28 heavy (non-hydrogen) atoms. The van der Waals surface area contributed by atoms with Crippen LogP contribution in [0.15, 0.2) is 41.3 Å². The smallest absolute Gasteiger partial charge is 0.241 e. The molecule has 7 nitrogen and oxygen atoms in total. The van der Waals surface area contributed by atoms with E-state index in [1.165, 1.54) is 26.4 Å². The van der Waals surface area contributed by atoms with E-state index >= 15 is 0 Å². The van der Waals surface area contributed by atoms with Gasteiger partial charge < -0.3 is 18.9 Å². The van der Waals surface area contributed by atoms with Gasteiger partial charge in [-0.25, -0.2) is 13.1 Å². The molecule has 1 aliphatic heterocycles. The second-order valence-electron chi connectivity index (χ2n) is 6.76. The van der Waals surface area contributed by atoms with E-state index in [4.69, 9.17) is 18.9 Å². The molecule has 1 atom stereocenters. The van der Waals surface area contributed by atoms with Gasteiger partial charge in [0.25, 0.3) is 0 Å². The van der Waals surface area contributed by atoms with Crippen LogP contribution in [0.3, 0.4) is 0 Å². The Bertz CT molecular complexity index is 942. The van der Waals surface area contributed by atoms with E-state index in [0.717, 1.165) is 5.56 Å². The van der Waals surface area contributed by atoms with Gasteiger partial charge in [-0.15, -0.1) is 0 Å². The first-order valence-electron chi connectivity index (χ1n) is 8.99. The van der Waals surface area contributed by atoms with E-state index in [1.807, 2.05) is 32.0 Å². The zero-order chi connectivity index (χ0) is 20.3. The van der Waals surface area contributed by atoms with Crippen LogP contribution in [0, 0.1) is 5.92 Å². The molecule has 0 saturated heterocycles. The summed E-state index contributed by atoms with van der Waals surface area (Å²) >= 11 is 0. The predicted octanol–water partition coefficient (Wildman–Crippen LogP) is 3.15. The highest BCUT2D eigenvalue weighted by molar-refractivity contribution is 7.89. The number of benzene rings is 2. The maximum absolute atomic E-state index is 13.0.